The number of carbonyl (C=O) groups is 2. The summed E-state index contributed by atoms with van der Waals surface area (Å²) in [5.41, 5.74) is -1.10. The second kappa shape index (κ2) is 7.64. The van der Waals surface area contributed by atoms with Crippen molar-refractivity contribution in [3.8, 4) is 0 Å². The number of halogens is 3. The number of hydrogen-bond donors (Lipinski definition) is 0. The second-order valence-electron chi connectivity index (χ2n) is 8.15. The van der Waals surface area contributed by atoms with Gasteiger partial charge < -0.3 is 4.90 Å². The summed E-state index contributed by atoms with van der Waals surface area (Å²) in [6, 6.07) is 4.59. The molecule has 1 amide bonds. The third-order valence-corrected chi connectivity index (χ3v) is 6.03. The van der Waals surface area contributed by atoms with E-state index in [0.29, 0.717) is 25.9 Å². The van der Waals surface area contributed by atoms with E-state index in [4.69, 9.17) is 0 Å². The van der Waals surface area contributed by atoms with Crippen LogP contribution in [0.3, 0.4) is 0 Å². The molecule has 1 atom stereocenters. The largest absolute Gasteiger partial charge is 0.416 e. The number of hydrogen-bond acceptors (Lipinski definition) is 2. The van der Waals surface area contributed by atoms with Gasteiger partial charge in [-0.15, -0.1) is 0 Å². The molecule has 27 heavy (non-hydrogen) atoms. The smallest absolute Gasteiger partial charge is 0.341 e. The molecule has 0 radical (unpaired) electrons. The fourth-order valence-electron chi connectivity index (χ4n) is 4.39. The van der Waals surface area contributed by atoms with Crippen LogP contribution in [0.25, 0.3) is 0 Å². The molecule has 0 N–H and O–H groups in total. The Kier molecular flexibility index (Phi) is 5.63. The third kappa shape index (κ3) is 4.36. The van der Waals surface area contributed by atoms with Gasteiger partial charge in [0.25, 0.3) is 0 Å². The maximum absolute atomic E-state index is 13.0. The molecular weight excluding hydrogens is 355 g/mol. The van der Waals surface area contributed by atoms with Gasteiger partial charge in [0.05, 0.1) is 5.56 Å². The van der Waals surface area contributed by atoms with Crippen LogP contribution in [-0.2, 0) is 11.0 Å². The van der Waals surface area contributed by atoms with Gasteiger partial charge in [0.1, 0.15) is 0 Å². The Morgan fingerprint density at radius 1 is 1.11 bits per heavy atom. The van der Waals surface area contributed by atoms with Gasteiger partial charge in [0.2, 0.25) is 5.91 Å². The zero-order chi connectivity index (χ0) is 19.7. The lowest BCUT2D eigenvalue weighted by atomic mass is 9.74. The number of ketones is 1. The van der Waals surface area contributed by atoms with E-state index in [1.165, 1.54) is 12.1 Å². The fourth-order valence-corrected chi connectivity index (χ4v) is 4.39. The van der Waals surface area contributed by atoms with Crippen LogP contribution >= 0.6 is 0 Å². The highest BCUT2D eigenvalue weighted by atomic mass is 19.4. The molecule has 6 heteroatoms. The molecule has 1 heterocycles. The number of alkyl halides is 3. The van der Waals surface area contributed by atoms with Crippen molar-refractivity contribution in [2.24, 2.45) is 11.3 Å². The summed E-state index contributed by atoms with van der Waals surface area (Å²) in [7, 11) is 0. The summed E-state index contributed by atoms with van der Waals surface area (Å²) in [6.45, 7) is 2.94. The number of amides is 1. The van der Waals surface area contributed by atoms with Gasteiger partial charge >= 0.3 is 6.18 Å². The zero-order valence-corrected chi connectivity index (χ0v) is 15.6. The molecule has 1 saturated carbocycles. The van der Waals surface area contributed by atoms with Crippen molar-refractivity contribution in [1.82, 2.24) is 4.90 Å². The minimum absolute atomic E-state index is 0.0769. The second-order valence-corrected chi connectivity index (χ2v) is 8.15. The van der Waals surface area contributed by atoms with E-state index in [9.17, 15) is 22.8 Å². The molecule has 2 aliphatic rings. The van der Waals surface area contributed by atoms with Crippen molar-refractivity contribution < 1.29 is 22.8 Å². The standard InChI is InChI=1S/C21H26F3NO2/c1-20(10-3-2-4-11-20)19(27)25-12-6-8-16(14-25)18(26)15-7-5-9-17(13-15)21(22,23)24/h5,7,9,13,16H,2-4,6,8,10-12,14H2,1H3/t16-/m1/s1. The third-order valence-electron chi connectivity index (χ3n) is 6.03. The summed E-state index contributed by atoms with van der Waals surface area (Å²) in [5, 5.41) is 0. The average Bonchev–Trinajstić information content (AvgIpc) is 2.67. The number of rotatable bonds is 3. The lowest BCUT2D eigenvalue weighted by Gasteiger charge is -2.40. The summed E-state index contributed by atoms with van der Waals surface area (Å²) in [5.74, 6) is -0.630. The Hall–Kier alpha value is -1.85. The summed E-state index contributed by atoms with van der Waals surface area (Å²) in [6.07, 6.45) is 1.82. The molecule has 2 fully saturated rings. The number of piperidine rings is 1. The SMILES string of the molecule is CC1(C(=O)N2CCC[C@@H](C(=O)c3cccc(C(F)(F)F)c3)C2)CCCCC1. The van der Waals surface area contributed by atoms with Crippen molar-refractivity contribution in [2.75, 3.05) is 13.1 Å². The van der Waals surface area contributed by atoms with E-state index in [2.05, 4.69) is 0 Å². The first-order chi connectivity index (χ1) is 12.7. The molecule has 148 valence electrons. The number of Topliss-reactive ketones (excluding diaryl/α,β-unsaturated/α-hetero) is 1. The lowest BCUT2D eigenvalue weighted by molar-refractivity contribution is -0.144. The molecule has 1 aliphatic carbocycles. The summed E-state index contributed by atoms with van der Waals surface area (Å²) >= 11 is 0. The monoisotopic (exact) mass is 381 g/mol. The Balaban J connectivity index is 1.72. The maximum atomic E-state index is 13.0. The van der Waals surface area contributed by atoms with Crippen LogP contribution in [0.15, 0.2) is 24.3 Å². The van der Waals surface area contributed by atoms with E-state index in [1.54, 1.807) is 4.90 Å². The Bertz CT molecular complexity index is 708. The minimum Gasteiger partial charge on any atom is -0.341 e. The number of nitrogens with zero attached hydrogens (tertiary/aromatic N) is 1. The first-order valence-corrected chi connectivity index (χ1v) is 9.71. The van der Waals surface area contributed by atoms with Gasteiger partial charge in [0.15, 0.2) is 5.78 Å². The van der Waals surface area contributed by atoms with Crippen LogP contribution in [0.5, 0.6) is 0 Å². The van der Waals surface area contributed by atoms with Crippen molar-refractivity contribution in [3.05, 3.63) is 35.4 Å². The van der Waals surface area contributed by atoms with Gasteiger partial charge in [-0.05, 0) is 37.8 Å². The van der Waals surface area contributed by atoms with Crippen LogP contribution in [0.2, 0.25) is 0 Å². The summed E-state index contributed by atoms with van der Waals surface area (Å²) < 4.78 is 38.8. The van der Waals surface area contributed by atoms with Crippen LogP contribution in [-0.4, -0.2) is 29.7 Å². The van der Waals surface area contributed by atoms with Gasteiger partial charge in [-0.25, -0.2) is 0 Å². The van der Waals surface area contributed by atoms with E-state index >= 15 is 0 Å². The molecule has 3 rings (SSSR count). The Morgan fingerprint density at radius 2 is 1.81 bits per heavy atom. The maximum Gasteiger partial charge on any atom is 0.416 e. The molecular formula is C21H26F3NO2. The number of likely N-dealkylation sites (tertiary alicyclic amines) is 1. The predicted octanol–water partition coefficient (Wildman–Crippen LogP) is 5.10. The van der Waals surface area contributed by atoms with E-state index < -0.39 is 17.7 Å². The van der Waals surface area contributed by atoms with E-state index in [-0.39, 0.29) is 22.7 Å². The molecule has 1 saturated heterocycles. The van der Waals surface area contributed by atoms with Crippen LogP contribution in [0.1, 0.15) is 67.8 Å². The van der Waals surface area contributed by atoms with Crippen LogP contribution < -0.4 is 0 Å². The van der Waals surface area contributed by atoms with E-state index in [0.717, 1.165) is 44.2 Å². The van der Waals surface area contributed by atoms with E-state index in [1.807, 2.05) is 6.92 Å². The number of benzene rings is 1. The van der Waals surface area contributed by atoms with Crippen LogP contribution in [0, 0.1) is 11.3 Å². The van der Waals surface area contributed by atoms with Crippen molar-refractivity contribution in [2.45, 2.75) is 58.0 Å². The first kappa shape index (κ1) is 19.9. The van der Waals surface area contributed by atoms with Gasteiger partial charge in [0, 0.05) is 30.0 Å². The highest BCUT2D eigenvalue weighted by Gasteiger charge is 2.40. The Morgan fingerprint density at radius 3 is 2.48 bits per heavy atom. The minimum atomic E-state index is -4.47. The average molecular weight is 381 g/mol. The first-order valence-electron chi connectivity index (χ1n) is 9.71. The molecule has 1 aliphatic heterocycles. The van der Waals surface area contributed by atoms with Crippen molar-refractivity contribution >= 4 is 11.7 Å². The topological polar surface area (TPSA) is 37.4 Å². The molecule has 0 aromatic heterocycles. The Labute approximate surface area is 157 Å². The normalized spacial score (nSPS) is 23.1. The highest BCUT2D eigenvalue weighted by molar-refractivity contribution is 5.98. The zero-order valence-electron chi connectivity index (χ0n) is 15.6. The predicted molar refractivity (Wildman–Crippen MR) is 96.3 cm³/mol. The van der Waals surface area contributed by atoms with Gasteiger partial charge in [-0.2, -0.15) is 13.2 Å². The molecule has 1 aromatic carbocycles. The fraction of sp³-hybridized carbons (Fsp3) is 0.619. The number of carbonyl (C=O) groups excluding carboxylic acids is 2. The van der Waals surface area contributed by atoms with Crippen LogP contribution in [0.4, 0.5) is 13.2 Å². The molecule has 1 aromatic rings. The molecule has 0 unspecified atom stereocenters. The summed E-state index contributed by atoms with van der Waals surface area (Å²) in [4.78, 5) is 27.6. The molecule has 0 spiro atoms. The highest BCUT2D eigenvalue weighted by Crippen LogP contribution is 2.38. The van der Waals surface area contributed by atoms with Gasteiger partial charge in [-0.3, -0.25) is 9.59 Å². The lowest BCUT2D eigenvalue weighted by Crippen LogP contribution is -2.49. The van der Waals surface area contributed by atoms with Gasteiger partial charge in [-0.1, -0.05) is 38.3 Å². The quantitative estimate of drug-likeness (QED) is 0.684. The van der Waals surface area contributed by atoms with Crippen molar-refractivity contribution in [1.29, 1.82) is 0 Å². The molecule has 0 bridgehead atoms. The van der Waals surface area contributed by atoms with Crippen molar-refractivity contribution in [3.63, 3.8) is 0 Å². The molecule has 3 nitrogen and oxygen atoms in total.